The van der Waals surface area contributed by atoms with Crippen LogP contribution in [0.5, 0.6) is 11.5 Å². The SMILES string of the molecule is C=Cc1ccc(C(=NC(=O)N2CCOCC2)c2ccc(OC)c(OC)c2)cc1. The van der Waals surface area contributed by atoms with Gasteiger partial charge in [-0.3, -0.25) is 0 Å². The number of rotatable bonds is 5. The Hall–Kier alpha value is -3.12. The molecule has 2 amide bonds. The molecule has 0 N–H and O–H groups in total. The molecule has 28 heavy (non-hydrogen) atoms. The zero-order valence-electron chi connectivity index (χ0n) is 16.2. The summed E-state index contributed by atoms with van der Waals surface area (Å²) < 4.78 is 16.1. The molecule has 6 heteroatoms. The fourth-order valence-corrected chi connectivity index (χ4v) is 2.98. The highest BCUT2D eigenvalue weighted by Crippen LogP contribution is 2.29. The molecule has 0 radical (unpaired) electrons. The molecule has 1 saturated heterocycles. The van der Waals surface area contributed by atoms with Crippen LogP contribution >= 0.6 is 0 Å². The van der Waals surface area contributed by atoms with E-state index in [0.29, 0.717) is 43.5 Å². The van der Waals surface area contributed by atoms with Gasteiger partial charge in [0.25, 0.3) is 0 Å². The van der Waals surface area contributed by atoms with E-state index in [1.165, 1.54) is 0 Å². The van der Waals surface area contributed by atoms with Crippen LogP contribution in [0.2, 0.25) is 0 Å². The van der Waals surface area contributed by atoms with Crippen LogP contribution in [0.3, 0.4) is 0 Å². The first-order valence-electron chi connectivity index (χ1n) is 9.07. The van der Waals surface area contributed by atoms with Gasteiger partial charge in [0.2, 0.25) is 0 Å². The van der Waals surface area contributed by atoms with E-state index in [-0.39, 0.29) is 6.03 Å². The monoisotopic (exact) mass is 380 g/mol. The summed E-state index contributed by atoms with van der Waals surface area (Å²) in [5, 5.41) is 0. The molecule has 1 aliphatic heterocycles. The van der Waals surface area contributed by atoms with Crippen molar-refractivity contribution in [3.05, 3.63) is 65.7 Å². The van der Waals surface area contributed by atoms with Crippen molar-refractivity contribution in [1.29, 1.82) is 0 Å². The summed E-state index contributed by atoms with van der Waals surface area (Å²) in [5.41, 5.74) is 3.17. The maximum atomic E-state index is 12.8. The summed E-state index contributed by atoms with van der Waals surface area (Å²) in [7, 11) is 3.17. The van der Waals surface area contributed by atoms with Crippen LogP contribution in [-0.2, 0) is 4.74 Å². The predicted molar refractivity (Wildman–Crippen MR) is 110 cm³/mol. The minimum absolute atomic E-state index is 0.277. The Balaban J connectivity index is 2.04. The fraction of sp³-hybridized carbons (Fsp3) is 0.273. The molecule has 3 rings (SSSR count). The number of amides is 2. The third-order valence-corrected chi connectivity index (χ3v) is 4.57. The number of carbonyl (C=O) groups is 1. The standard InChI is InChI=1S/C22H24N2O4/c1-4-16-5-7-17(8-6-16)21(23-22(25)24-11-13-28-14-12-24)18-9-10-19(26-2)20(15-18)27-3/h4-10,15H,1,11-14H2,2-3H3. The Kier molecular flexibility index (Phi) is 6.45. The lowest BCUT2D eigenvalue weighted by atomic mass is 10.0. The number of methoxy groups -OCH3 is 2. The summed E-state index contributed by atoms with van der Waals surface area (Å²) in [5.74, 6) is 1.20. The first kappa shape index (κ1) is 19.6. The van der Waals surface area contributed by atoms with Crippen molar-refractivity contribution in [2.24, 2.45) is 4.99 Å². The first-order chi connectivity index (χ1) is 13.7. The molecule has 0 aliphatic carbocycles. The van der Waals surface area contributed by atoms with Crippen molar-refractivity contribution >= 4 is 17.8 Å². The molecule has 0 saturated carbocycles. The second-order valence-electron chi connectivity index (χ2n) is 6.24. The van der Waals surface area contributed by atoms with Gasteiger partial charge in [0.1, 0.15) is 0 Å². The molecular formula is C22H24N2O4. The van der Waals surface area contributed by atoms with Crippen LogP contribution in [0.4, 0.5) is 4.79 Å². The zero-order chi connectivity index (χ0) is 19.9. The van der Waals surface area contributed by atoms with E-state index in [2.05, 4.69) is 11.6 Å². The van der Waals surface area contributed by atoms with Crippen LogP contribution in [0.15, 0.2) is 54.0 Å². The van der Waals surface area contributed by atoms with Gasteiger partial charge in [0, 0.05) is 24.2 Å². The Labute approximate surface area is 165 Å². The number of carbonyl (C=O) groups excluding carboxylic acids is 1. The summed E-state index contributed by atoms with van der Waals surface area (Å²) in [6, 6.07) is 13.0. The van der Waals surface area contributed by atoms with Crippen LogP contribution < -0.4 is 9.47 Å². The fourth-order valence-electron chi connectivity index (χ4n) is 2.98. The Bertz CT molecular complexity index is 869. The molecule has 0 spiro atoms. The molecule has 6 nitrogen and oxygen atoms in total. The maximum absolute atomic E-state index is 12.8. The van der Waals surface area contributed by atoms with Crippen molar-refractivity contribution in [2.45, 2.75) is 0 Å². The summed E-state index contributed by atoms with van der Waals surface area (Å²) >= 11 is 0. The molecule has 2 aromatic rings. The maximum Gasteiger partial charge on any atom is 0.344 e. The average molecular weight is 380 g/mol. The second kappa shape index (κ2) is 9.19. The Morgan fingerprint density at radius 1 is 1.04 bits per heavy atom. The summed E-state index contributed by atoms with van der Waals surface area (Å²) in [6.07, 6.45) is 1.77. The van der Waals surface area contributed by atoms with Gasteiger partial charge in [-0.2, -0.15) is 4.99 Å². The predicted octanol–water partition coefficient (Wildman–Crippen LogP) is 3.64. The van der Waals surface area contributed by atoms with Gasteiger partial charge >= 0.3 is 6.03 Å². The number of hydrogen-bond acceptors (Lipinski definition) is 4. The Morgan fingerprint density at radius 3 is 2.29 bits per heavy atom. The number of urea groups is 1. The van der Waals surface area contributed by atoms with E-state index in [0.717, 1.165) is 16.7 Å². The van der Waals surface area contributed by atoms with Crippen molar-refractivity contribution in [2.75, 3.05) is 40.5 Å². The molecular weight excluding hydrogens is 356 g/mol. The van der Waals surface area contributed by atoms with E-state index in [9.17, 15) is 4.79 Å². The van der Waals surface area contributed by atoms with Crippen molar-refractivity contribution in [3.8, 4) is 11.5 Å². The van der Waals surface area contributed by atoms with E-state index in [1.54, 1.807) is 31.3 Å². The van der Waals surface area contributed by atoms with E-state index in [4.69, 9.17) is 14.2 Å². The summed E-state index contributed by atoms with van der Waals surface area (Å²) in [4.78, 5) is 18.9. The van der Waals surface area contributed by atoms with Crippen LogP contribution in [0, 0.1) is 0 Å². The number of benzene rings is 2. The van der Waals surface area contributed by atoms with Crippen molar-refractivity contribution in [3.63, 3.8) is 0 Å². The van der Waals surface area contributed by atoms with Crippen molar-refractivity contribution < 1.29 is 19.0 Å². The minimum atomic E-state index is -0.277. The van der Waals surface area contributed by atoms with E-state index < -0.39 is 0 Å². The quantitative estimate of drug-likeness (QED) is 0.743. The molecule has 1 heterocycles. The van der Waals surface area contributed by atoms with Gasteiger partial charge in [-0.15, -0.1) is 0 Å². The third-order valence-electron chi connectivity index (χ3n) is 4.57. The molecule has 1 fully saturated rings. The molecule has 146 valence electrons. The van der Waals surface area contributed by atoms with Gasteiger partial charge < -0.3 is 19.1 Å². The van der Waals surface area contributed by atoms with Crippen LogP contribution in [0.1, 0.15) is 16.7 Å². The number of ether oxygens (including phenoxy) is 3. The van der Waals surface area contributed by atoms with Gasteiger partial charge in [-0.05, 0) is 23.8 Å². The number of hydrogen-bond donors (Lipinski definition) is 0. The zero-order valence-corrected chi connectivity index (χ0v) is 16.2. The van der Waals surface area contributed by atoms with Crippen molar-refractivity contribution in [1.82, 2.24) is 4.90 Å². The topological polar surface area (TPSA) is 60.4 Å². The Morgan fingerprint density at radius 2 is 1.68 bits per heavy atom. The highest BCUT2D eigenvalue weighted by atomic mass is 16.5. The number of aliphatic imine (C=N–C) groups is 1. The average Bonchev–Trinajstić information content (AvgIpc) is 2.77. The molecule has 0 atom stereocenters. The highest BCUT2D eigenvalue weighted by Gasteiger charge is 2.19. The van der Waals surface area contributed by atoms with Gasteiger partial charge in [-0.25, -0.2) is 4.79 Å². The largest absolute Gasteiger partial charge is 0.493 e. The molecule has 0 aromatic heterocycles. The van der Waals surface area contributed by atoms with Gasteiger partial charge in [0.05, 0.1) is 33.1 Å². The van der Waals surface area contributed by atoms with E-state index >= 15 is 0 Å². The molecule has 0 unspecified atom stereocenters. The van der Waals surface area contributed by atoms with Gasteiger partial charge in [-0.1, -0.05) is 36.9 Å². The normalized spacial score (nSPS) is 14.5. The lowest BCUT2D eigenvalue weighted by Crippen LogP contribution is -2.39. The second-order valence-corrected chi connectivity index (χ2v) is 6.24. The smallest absolute Gasteiger partial charge is 0.344 e. The third kappa shape index (κ3) is 4.40. The molecule has 0 bridgehead atoms. The lowest BCUT2D eigenvalue weighted by Gasteiger charge is -2.25. The number of nitrogens with zero attached hydrogens (tertiary/aromatic N) is 2. The molecule has 1 aliphatic rings. The van der Waals surface area contributed by atoms with Crippen LogP contribution in [0.25, 0.3) is 6.08 Å². The first-order valence-corrected chi connectivity index (χ1v) is 9.07. The van der Waals surface area contributed by atoms with Crippen LogP contribution in [-0.4, -0.2) is 57.2 Å². The highest BCUT2D eigenvalue weighted by molar-refractivity contribution is 6.16. The lowest BCUT2D eigenvalue weighted by molar-refractivity contribution is 0.0555. The summed E-state index contributed by atoms with van der Waals surface area (Å²) in [6.45, 7) is 5.92. The molecule has 2 aromatic carbocycles. The minimum Gasteiger partial charge on any atom is -0.493 e. The van der Waals surface area contributed by atoms with Gasteiger partial charge in [0.15, 0.2) is 11.5 Å². The number of morpholine rings is 1. The van der Waals surface area contributed by atoms with E-state index in [1.807, 2.05) is 36.4 Å².